The van der Waals surface area contributed by atoms with Gasteiger partial charge in [0, 0.05) is 25.1 Å². The van der Waals surface area contributed by atoms with Crippen LogP contribution in [0.2, 0.25) is 0 Å². The van der Waals surface area contributed by atoms with Crippen molar-refractivity contribution in [3.8, 4) is 0 Å². The molecule has 12 heteroatoms. The minimum absolute atomic E-state index is 0.0724. The highest BCUT2D eigenvalue weighted by Crippen LogP contribution is 2.32. The number of hydrogen-bond acceptors (Lipinski definition) is 6. The van der Waals surface area contributed by atoms with Crippen LogP contribution in [0.25, 0.3) is 10.2 Å². The molecule has 0 spiro atoms. The number of fused-ring (bicyclic) bond motifs is 1. The van der Waals surface area contributed by atoms with Gasteiger partial charge in [0.1, 0.15) is 17.0 Å². The first-order valence-corrected chi connectivity index (χ1v) is 10.1. The Balaban J connectivity index is 1.74. The molecular formula is C17H16F4N4O2S2. The van der Waals surface area contributed by atoms with Gasteiger partial charge >= 0.3 is 0 Å². The number of amides is 1. The van der Waals surface area contributed by atoms with Crippen molar-refractivity contribution in [1.29, 1.82) is 0 Å². The zero-order valence-corrected chi connectivity index (χ0v) is 17.2. The number of hydrogen-bond donors (Lipinski definition) is 0. The summed E-state index contributed by atoms with van der Waals surface area (Å²) in [5.41, 5.74) is -0.801. The number of hydroxylamine groups is 2. The Morgan fingerprint density at radius 1 is 1.38 bits per heavy atom. The molecule has 0 aliphatic rings. The number of benzene rings is 1. The normalized spacial score (nSPS) is 12.7. The molecule has 2 aromatic heterocycles. The molecule has 0 aliphatic heterocycles. The Kier molecular flexibility index (Phi) is 6.44. The summed E-state index contributed by atoms with van der Waals surface area (Å²) in [6.45, 7) is 1.67. The summed E-state index contributed by atoms with van der Waals surface area (Å²) in [5.74, 6) is -1.90. The zero-order valence-electron chi connectivity index (χ0n) is 15.5. The first-order valence-electron chi connectivity index (χ1n) is 8.29. The number of alkyl halides is 2. The fraction of sp³-hybridized carbons (Fsp3) is 0.353. The lowest BCUT2D eigenvalue weighted by Gasteiger charge is -2.25. The maximum atomic E-state index is 13.8. The number of aromatic nitrogens is 3. The average molecular weight is 448 g/mol. The van der Waals surface area contributed by atoms with Crippen molar-refractivity contribution in [3.63, 3.8) is 0 Å². The monoisotopic (exact) mass is 448 g/mol. The van der Waals surface area contributed by atoms with Gasteiger partial charge in [-0.1, -0.05) is 11.8 Å². The van der Waals surface area contributed by atoms with Gasteiger partial charge < -0.3 is 0 Å². The SMILES string of the molecule is CON(C(=O)c1cn(C)nc1C(F)F)C(C)CSc1nc2c(F)cc(F)cc2s1. The molecule has 2 heterocycles. The molecule has 1 unspecified atom stereocenters. The lowest BCUT2D eigenvalue weighted by atomic mass is 10.2. The maximum Gasteiger partial charge on any atom is 0.282 e. The standard InChI is InChI=1S/C17H16F4N4O2S2/c1-8(7-28-17-22-14-11(19)4-9(18)5-12(14)29-17)25(27-3)16(26)10-6-24(2)23-13(10)15(20)21/h4-6,8,15H,7H2,1-3H3. The van der Waals surface area contributed by atoms with Crippen LogP contribution in [-0.4, -0.2) is 44.6 Å². The minimum Gasteiger partial charge on any atom is -0.275 e. The van der Waals surface area contributed by atoms with Crippen LogP contribution in [-0.2, 0) is 11.9 Å². The third kappa shape index (κ3) is 4.54. The predicted octanol–water partition coefficient (Wildman–Crippen LogP) is 4.43. The van der Waals surface area contributed by atoms with Gasteiger partial charge in [-0.2, -0.15) is 5.10 Å². The van der Waals surface area contributed by atoms with E-state index in [-0.39, 0.29) is 16.8 Å². The van der Waals surface area contributed by atoms with Gasteiger partial charge in [0.25, 0.3) is 12.3 Å². The van der Waals surface area contributed by atoms with Crippen molar-refractivity contribution in [3.05, 3.63) is 41.2 Å². The van der Waals surface area contributed by atoms with E-state index in [4.69, 9.17) is 4.84 Å². The van der Waals surface area contributed by atoms with Crippen molar-refractivity contribution in [2.24, 2.45) is 7.05 Å². The molecule has 1 amide bonds. The fourth-order valence-corrected chi connectivity index (χ4v) is 4.79. The second-order valence-electron chi connectivity index (χ2n) is 6.09. The highest BCUT2D eigenvalue weighted by molar-refractivity contribution is 8.01. The van der Waals surface area contributed by atoms with E-state index in [1.165, 1.54) is 38.2 Å². The molecule has 0 saturated carbocycles. The lowest BCUT2D eigenvalue weighted by molar-refractivity contribution is -0.114. The van der Waals surface area contributed by atoms with E-state index in [1.807, 2.05) is 0 Å². The molecule has 29 heavy (non-hydrogen) atoms. The van der Waals surface area contributed by atoms with Gasteiger partial charge in [-0.15, -0.1) is 11.3 Å². The molecule has 0 bridgehead atoms. The number of carbonyl (C=O) groups excluding carboxylic acids is 1. The topological polar surface area (TPSA) is 60.2 Å². The van der Waals surface area contributed by atoms with E-state index in [9.17, 15) is 22.4 Å². The highest BCUT2D eigenvalue weighted by Gasteiger charge is 2.29. The van der Waals surface area contributed by atoms with Crippen molar-refractivity contribution < 1.29 is 27.2 Å². The zero-order chi connectivity index (χ0) is 21.3. The van der Waals surface area contributed by atoms with Crippen LogP contribution in [0.3, 0.4) is 0 Å². The van der Waals surface area contributed by atoms with E-state index in [1.54, 1.807) is 6.92 Å². The summed E-state index contributed by atoms with van der Waals surface area (Å²) in [4.78, 5) is 21.9. The molecule has 0 radical (unpaired) electrons. The molecule has 1 atom stereocenters. The van der Waals surface area contributed by atoms with Crippen molar-refractivity contribution in [2.45, 2.75) is 23.7 Å². The van der Waals surface area contributed by atoms with Crippen LogP contribution in [0.15, 0.2) is 22.7 Å². The molecule has 0 aliphatic carbocycles. The van der Waals surface area contributed by atoms with Gasteiger partial charge in [0.05, 0.1) is 23.4 Å². The number of thioether (sulfide) groups is 1. The fourth-order valence-electron chi connectivity index (χ4n) is 2.67. The maximum absolute atomic E-state index is 13.8. The molecule has 3 aromatic rings. The van der Waals surface area contributed by atoms with E-state index >= 15 is 0 Å². The quantitative estimate of drug-likeness (QED) is 0.304. The predicted molar refractivity (Wildman–Crippen MR) is 101 cm³/mol. The molecule has 3 rings (SSSR count). The summed E-state index contributed by atoms with van der Waals surface area (Å²) >= 11 is 2.33. The lowest BCUT2D eigenvalue weighted by Crippen LogP contribution is -2.39. The van der Waals surface area contributed by atoms with Gasteiger partial charge in [-0.25, -0.2) is 27.6 Å². The summed E-state index contributed by atoms with van der Waals surface area (Å²) < 4.78 is 55.4. The van der Waals surface area contributed by atoms with Crippen LogP contribution in [0, 0.1) is 11.6 Å². The molecule has 156 valence electrons. The summed E-state index contributed by atoms with van der Waals surface area (Å²) in [6.07, 6.45) is -1.70. The molecule has 6 nitrogen and oxygen atoms in total. The van der Waals surface area contributed by atoms with Crippen molar-refractivity contribution in [2.75, 3.05) is 12.9 Å². The summed E-state index contributed by atoms with van der Waals surface area (Å²) in [7, 11) is 2.70. The Morgan fingerprint density at radius 3 is 2.76 bits per heavy atom. The molecule has 0 saturated heterocycles. The summed E-state index contributed by atoms with van der Waals surface area (Å²) in [6, 6.07) is 1.43. The molecule has 0 N–H and O–H groups in total. The third-order valence-corrected chi connectivity index (χ3v) is 6.32. The van der Waals surface area contributed by atoms with Crippen molar-refractivity contribution >= 4 is 39.2 Å². The van der Waals surface area contributed by atoms with Crippen LogP contribution >= 0.6 is 23.1 Å². The second-order valence-corrected chi connectivity index (χ2v) is 8.39. The van der Waals surface area contributed by atoms with Crippen LogP contribution in [0.4, 0.5) is 17.6 Å². The van der Waals surface area contributed by atoms with E-state index in [2.05, 4.69) is 10.1 Å². The molecule has 0 fully saturated rings. The first-order chi connectivity index (χ1) is 13.7. The average Bonchev–Trinajstić information content (AvgIpc) is 3.24. The van der Waals surface area contributed by atoms with Crippen molar-refractivity contribution in [1.82, 2.24) is 19.8 Å². The second kappa shape index (κ2) is 8.67. The largest absolute Gasteiger partial charge is 0.282 e. The highest BCUT2D eigenvalue weighted by atomic mass is 32.2. The minimum atomic E-state index is -2.91. The van der Waals surface area contributed by atoms with E-state index in [0.29, 0.717) is 9.04 Å². The van der Waals surface area contributed by atoms with E-state index in [0.717, 1.165) is 27.1 Å². The van der Waals surface area contributed by atoms with Gasteiger partial charge in [0.15, 0.2) is 10.2 Å². The van der Waals surface area contributed by atoms with Gasteiger partial charge in [0.2, 0.25) is 0 Å². The molecule has 1 aromatic carbocycles. The summed E-state index contributed by atoms with van der Waals surface area (Å²) in [5, 5.41) is 4.60. The van der Waals surface area contributed by atoms with Gasteiger partial charge in [-0.05, 0) is 13.0 Å². The number of aryl methyl sites for hydroxylation is 1. The smallest absolute Gasteiger partial charge is 0.275 e. The van der Waals surface area contributed by atoms with Crippen LogP contribution in [0.5, 0.6) is 0 Å². The number of nitrogens with zero attached hydrogens (tertiary/aromatic N) is 4. The Morgan fingerprint density at radius 2 is 2.10 bits per heavy atom. The Labute approximate surface area is 171 Å². The number of carbonyl (C=O) groups is 1. The van der Waals surface area contributed by atoms with Crippen LogP contribution in [0.1, 0.15) is 29.4 Å². The number of rotatable bonds is 7. The number of halogens is 4. The first kappa shape index (κ1) is 21.5. The Hall–Kier alpha value is -2.18. The Bertz CT molecular complexity index is 1040. The van der Waals surface area contributed by atoms with E-state index < -0.39 is 35.7 Å². The number of thiazole rings is 1. The molecular weight excluding hydrogens is 432 g/mol. The third-order valence-electron chi connectivity index (χ3n) is 3.93. The van der Waals surface area contributed by atoms with Gasteiger partial charge in [-0.3, -0.25) is 14.3 Å². The van der Waals surface area contributed by atoms with Crippen LogP contribution < -0.4 is 0 Å².